The highest BCUT2D eigenvalue weighted by Gasteiger charge is 2.49. The Hall–Kier alpha value is -0.940. The average molecular weight is 304 g/mol. The molecule has 0 spiro atoms. The SMILES string of the molecule is c1ccc(COC2[C@H]3OCCC[C@@H]3O[C@H]3CCCO[C@H]23)cc1. The van der Waals surface area contributed by atoms with Crippen LogP contribution in [0.25, 0.3) is 0 Å². The Morgan fingerprint density at radius 1 is 0.909 bits per heavy atom. The van der Waals surface area contributed by atoms with E-state index in [4.69, 9.17) is 18.9 Å². The van der Waals surface area contributed by atoms with Crippen LogP contribution in [0.4, 0.5) is 0 Å². The molecule has 3 saturated heterocycles. The van der Waals surface area contributed by atoms with Gasteiger partial charge in [0.2, 0.25) is 0 Å². The van der Waals surface area contributed by atoms with Crippen molar-refractivity contribution in [1.82, 2.24) is 0 Å². The molecular formula is C18H24O4. The van der Waals surface area contributed by atoms with Gasteiger partial charge in [-0.3, -0.25) is 0 Å². The van der Waals surface area contributed by atoms with Crippen molar-refractivity contribution < 1.29 is 18.9 Å². The van der Waals surface area contributed by atoms with Gasteiger partial charge in [0.05, 0.1) is 18.8 Å². The lowest BCUT2D eigenvalue weighted by Gasteiger charge is -2.49. The second-order valence-corrected chi connectivity index (χ2v) is 6.43. The van der Waals surface area contributed by atoms with Crippen molar-refractivity contribution in [3.05, 3.63) is 35.9 Å². The van der Waals surface area contributed by atoms with E-state index in [0.29, 0.717) is 6.61 Å². The number of ether oxygens (including phenoxy) is 4. The van der Waals surface area contributed by atoms with Gasteiger partial charge >= 0.3 is 0 Å². The normalized spacial score (nSPS) is 38.1. The van der Waals surface area contributed by atoms with Crippen molar-refractivity contribution in [2.45, 2.75) is 62.8 Å². The number of hydrogen-bond acceptors (Lipinski definition) is 4. The lowest BCUT2D eigenvalue weighted by atomic mass is 9.88. The van der Waals surface area contributed by atoms with Gasteiger partial charge in [0.25, 0.3) is 0 Å². The van der Waals surface area contributed by atoms with Crippen LogP contribution in [0.2, 0.25) is 0 Å². The van der Waals surface area contributed by atoms with Gasteiger partial charge in [0.15, 0.2) is 0 Å². The Kier molecular flexibility index (Phi) is 4.44. The third kappa shape index (κ3) is 2.93. The molecule has 0 amide bonds. The van der Waals surface area contributed by atoms with Gasteiger partial charge in [0.1, 0.15) is 18.3 Å². The van der Waals surface area contributed by atoms with Crippen LogP contribution < -0.4 is 0 Å². The van der Waals surface area contributed by atoms with Crippen LogP contribution in [0.15, 0.2) is 30.3 Å². The maximum atomic E-state index is 6.28. The molecule has 1 aromatic rings. The van der Waals surface area contributed by atoms with Gasteiger partial charge in [-0.2, -0.15) is 0 Å². The first-order valence-electron chi connectivity index (χ1n) is 8.46. The number of fused-ring (bicyclic) bond motifs is 2. The van der Waals surface area contributed by atoms with Crippen LogP contribution in [0.1, 0.15) is 31.2 Å². The monoisotopic (exact) mass is 304 g/mol. The van der Waals surface area contributed by atoms with Gasteiger partial charge in [-0.1, -0.05) is 30.3 Å². The second-order valence-electron chi connectivity index (χ2n) is 6.43. The second kappa shape index (κ2) is 6.67. The predicted octanol–water partition coefficient (Wildman–Crippen LogP) is 2.70. The summed E-state index contributed by atoms with van der Waals surface area (Å²) in [5, 5.41) is 0. The molecule has 0 aromatic heterocycles. The van der Waals surface area contributed by atoms with E-state index in [1.807, 2.05) is 18.2 Å². The maximum Gasteiger partial charge on any atom is 0.115 e. The molecule has 0 aliphatic carbocycles. The largest absolute Gasteiger partial charge is 0.373 e. The van der Waals surface area contributed by atoms with E-state index in [9.17, 15) is 0 Å². The first-order valence-corrected chi connectivity index (χ1v) is 8.46. The molecule has 0 radical (unpaired) electrons. The van der Waals surface area contributed by atoms with E-state index >= 15 is 0 Å². The van der Waals surface area contributed by atoms with Crippen molar-refractivity contribution in [2.75, 3.05) is 13.2 Å². The average Bonchev–Trinajstić information content (AvgIpc) is 2.59. The summed E-state index contributed by atoms with van der Waals surface area (Å²) >= 11 is 0. The number of rotatable bonds is 3. The lowest BCUT2D eigenvalue weighted by Crippen LogP contribution is -2.62. The summed E-state index contributed by atoms with van der Waals surface area (Å²) in [6, 6.07) is 10.3. The van der Waals surface area contributed by atoms with E-state index in [1.165, 1.54) is 5.56 Å². The molecule has 120 valence electrons. The number of benzene rings is 1. The minimum atomic E-state index is -0.0236. The van der Waals surface area contributed by atoms with Crippen LogP contribution in [0.5, 0.6) is 0 Å². The Balaban J connectivity index is 1.50. The molecule has 0 N–H and O–H groups in total. The summed E-state index contributed by atoms with van der Waals surface area (Å²) in [4.78, 5) is 0. The van der Waals surface area contributed by atoms with Gasteiger partial charge < -0.3 is 18.9 Å². The van der Waals surface area contributed by atoms with Gasteiger partial charge in [-0.15, -0.1) is 0 Å². The fourth-order valence-electron chi connectivity index (χ4n) is 3.82. The van der Waals surface area contributed by atoms with Crippen molar-refractivity contribution >= 4 is 0 Å². The summed E-state index contributed by atoms with van der Waals surface area (Å²) in [5.41, 5.74) is 1.19. The summed E-state index contributed by atoms with van der Waals surface area (Å²) in [5.74, 6) is 0. The van der Waals surface area contributed by atoms with Crippen molar-refractivity contribution in [2.24, 2.45) is 0 Å². The molecule has 3 aliphatic rings. The van der Waals surface area contributed by atoms with E-state index in [0.717, 1.165) is 38.9 Å². The molecule has 0 bridgehead atoms. The number of hydrogen-bond donors (Lipinski definition) is 0. The van der Waals surface area contributed by atoms with E-state index in [2.05, 4.69) is 12.1 Å². The third-order valence-electron chi connectivity index (χ3n) is 4.90. The van der Waals surface area contributed by atoms with Crippen molar-refractivity contribution in [3.63, 3.8) is 0 Å². The molecule has 3 fully saturated rings. The summed E-state index contributed by atoms with van der Waals surface area (Å²) in [6.45, 7) is 2.20. The molecule has 22 heavy (non-hydrogen) atoms. The molecule has 4 nitrogen and oxygen atoms in total. The van der Waals surface area contributed by atoms with Gasteiger partial charge in [-0.25, -0.2) is 0 Å². The van der Waals surface area contributed by atoms with Crippen LogP contribution in [0, 0.1) is 0 Å². The maximum absolute atomic E-state index is 6.28. The van der Waals surface area contributed by atoms with E-state index in [1.54, 1.807) is 0 Å². The molecule has 3 heterocycles. The summed E-state index contributed by atoms with van der Waals surface area (Å²) < 4.78 is 24.5. The van der Waals surface area contributed by atoms with Crippen molar-refractivity contribution in [3.8, 4) is 0 Å². The molecule has 1 aromatic carbocycles. The molecule has 4 heteroatoms. The zero-order chi connectivity index (χ0) is 14.8. The standard InChI is InChI=1S/C18H24O4/c1-2-6-13(7-3-1)12-21-18-16-14(8-4-10-19-16)22-15-9-5-11-20-17(15)18/h1-3,6-7,14-18H,4-5,8-12H2/t14-,15-,16-,17-/m0/s1. The third-order valence-corrected chi connectivity index (χ3v) is 4.90. The van der Waals surface area contributed by atoms with Crippen LogP contribution in [0.3, 0.4) is 0 Å². The smallest absolute Gasteiger partial charge is 0.115 e. The Labute approximate surface area is 131 Å². The molecule has 4 rings (SSSR count). The highest BCUT2D eigenvalue weighted by atomic mass is 16.6. The molecule has 4 atom stereocenters. The zero-order valence-corrected chi connectivity index (χ0v) is 12.9. The topological polar surface area (TPSA) is 36.9 Å². The van der Waals surface area contributed by atoms with E-state index in [-0.39, 0.29) is 30.5 Å². The van der Waals surface area contributed by atoms with Crippen molar-refractivity contribution in [1.29, 1.82) is 0 Å². The van der Waals surface area contributed by atoms with Crippen LogP contribution in [-0.4, -0.2) is 43.7 Å². The highest BCUT2D eigenvalue weighted by Crippen LogP contribution is 2.36. The Morgan fingerprint density at radius 2 is 1.55 bits per heavy atom. The first-order chi connectivity index (χ1) is 10.9. The molecular weight excluding hydrogens is 280 g/mol. The zero-order valence-electron chi connectivity index (χ0n) is 12.9. The lowest BCUT2D eigenvalue weighted by molar-refractivity contribution is -0.282. The molecule has 0 saturated carbocycles. The highest BCUT2D eigenvalue weighted by molar-refractivity contribution is 5.13. The van der Waals surface area contributed by atoms with E-state index < -0.39 is 0 Å². The van der Waals surface area contributed by atoms with Gasteiger partial charge in [-0.05, 0) is 31.2 Å². The first kappa shape index (κ1) is 14.6. The van der Waals surface area contributed by atoms with Gasteiger partial charge in [0, 0.05) is 13.2 Å². The molecule has 0 unspecified atom stereocenters. The van der Waals surface area contributed by atoms with Crippen LogP contribution in [-0.2, 0) is 25.6 Å². The summed E-state index contributed by atoms with van der Waals surface area (Å²) in [7, 11) is 0. The minimum absolute atomic E-state index is 0.0109. The predicted molar refractivity (Wildman–Crippen MR) is 81.6 cm³/mol. The quantitative estimate of drug-likeness (QED) is 0.860. The Bertz CT molecular complexity index is 455. The minimum Gasteiger partial charge on any atom is -0.373 e. The van der Waals surface area contributed by atoms with Crippen LogP contribution >= 0.6 is 0 Å². The fourth-order valence-corrected chi connectivity index (χ4v) is 3.82. The molecule has 3 aliphatic heterocycles. The fraction of sp³-hybridized carbons (Fsp3) is 0.667. The Morgan fingerprint density at radius 3 is 2.18 bits per heavy atom. The summed E-state index contributed by atoms with van der Waals surface area (Å²) in [6.07, 6.45) is 4.61.